The first-order valence-corrected chi connectivity index (χ1v) is 8.32. The average molecular weight is 307 g/mol. The molecule has 0 amide bonds. The Morgan fingerprint density at radius 2 is 2.05 bits per heavy atom. The minimum absolute atomic E-state index is 0.563. The standard InChI is InChI=1S/C16H19ClN2S/c17-13-3-1-4-15(11-13)18-14-6-8-19(9-7-14)12-16-5-2-10-20-16/h1-5,10-11,14,18H,6-9,12H2. The van der Waals surface area contributed by atoms with Crippen LogP contribution in [0.1, 0.15) is 17.7 Å². The van der Waals surface area contributed by atoms with Crippen molar-refractivity contribution in [3.8, 4) is 0 Å². The molecule has 0 radical (unpaired) electrons. The fourth-order valence-corrected chi connectivity index (χ4v) is 3.61. The summed E-state index contributed by atoms with van der Waals surface area (Å²) in [7, 11) is 0. The molecule has 1 aromatic carbocycles. The normalized spacial score (nSPS) is 17.2. The van der Waals surface area contributed by atoms with E-state index in [-0.39, 0.29) is 0 Å². The van der Waals surface area contributed by atoms with E-state index in [1.807, 2.05) is 29.5 Å². The minimum atomic E-state index is 0.563. The number of nitrogens with one attached hydrogen (secondary N) is 1. The molecule has 4 heteroatoms. The number of rotatable bonds is 4. The second kappa shape index (κ2) is 6.61. The van der Waals surface area contributed by atoms with Gasteiger partial charge in [0.2, 0.25) is 0 Å². The SMILES string of the molecule is Clc1cccc(NC2CCN(Cc3cccs3)CC2)c1. The highest BCUT2D eigenvalue weighted by molar-refractivity contribution is 7.09. The fourth-order valence-electron chi connectivity index (χ4n) is 2.67. The number of piperidine rings is 1. The van der Waals surface area contributed by atoms with Crippen molar-refractivity contribution >= 4 is 28.6 Å². The first kappa shape index (κ1) is 13.9. The quantitative estimate of drug-likeness (QED) is 0.896. The van der Waals surface area contributed by atoms with Crippen LogP contribution in [0.5, 0.6) is 0 Å². The summed E-state index contributed by atoms with van der Waals surface area (Å²) >= 11 is 7.87. The molecule has 106 valence electrons. The Balaban J connectivity index is 1.48. The van der Waals surface area contributed by atoms with Gasteiger partial charge in [-0.25, -0.2) is 0 Å². The Hall–Kier alpha value is -1.03. The predicted octanol–water partition coefficient (Wildman–Crippen LogP) is 4.48. The Bertz CT molecular complexity index is 533. The third-order valence-electron chi connectivity index (χ3n) is 3.74. The fraction of sp³-hybridized carbons (Fsp3) is 0.375. The molecular weight excluding hydrogens is 288 g/mol. The van der Waals surface area contributed by atoms with Crippen molar-refractivity contribution in [2.24, 2.45) is 0 Å². The number of hydrogen-bond donors (Lipinski definition) is 1. The van der Waals surface area contributed by atoms with Crippen LogP contribution in [0.3, 0.4) is 0 Å². The van der Waals surface area contributed by atoms with Crippen molar-refractivity contribution in [2.45, 2.75) is 25.4 Å². The van der Waals surface area contributed by atoms with Gasteiger partial charge in [-0.1, -0.05) is 23.7 Å². The van der Waals surface area contributed by atoms with Gasteiger partial charge in [0.15, 0.2) is 0 Å². The Kier molecular flexibility index (Phi) is 4.61. The van der Waals surface area contributed by atoms with E-state index in [2.05, 4.69) is 33.8 Å². The second-order valence-electron chi connectivity index (χ2n) is 5.28. The maximum absolute atomic E-state index is 6.02. The van der Waals surface area contributed by atoms with E-state index in [0.29, 0.717) is 6.04 Å². The van der Waals surface area contributed by atoms with Crippen molar-refractivity contribution in [3.63, 3.8) is 0 Å². The summed E-state index contributed by atoms with van der Waals surface area (Å²) in [6.45, 7) is 3.42. The molecule has 0 saturated carbocycles. The Morgan fingerprint density at radius 1 is 1.20 bits per heavy atom. The Labute approximate surface area is 129 Å². The van der Waals surface area contributed by atoms with Crippen LogP contribution >= 0.6 is 22.9 Å². The van der Waals surface area contributed by atoms with Gasteiger partial charge in [0.25, 0.3) is 0 Å². The van der Waals surface area contributed by atoms with Crippen molar-refractivity contribution in [1.29, 1.82) is 0 Å². The van der Waals surface area contributed by atoms with Gasteiger partial charge < -0.3 is 5.32 Å². The first-order valence-electron chi connectivity index (χ1n) is 7.06. The van der Waals surface area contributed by atoms with Gasteiger partial charge in [-0.15, -0.1) is 11.3 Å². The second-order valence-corrected chi connectivity index (χ2v) is 6.75. The molecule has 0 spiro atoms. The maximum atomic E-state index is 6.02. The highest BCUT2D eigenvalue weighted by Gasteiger charge is 2.19. The molecule has 1 fully saturated rings. The van der Waals surface area contributed by atoms with E-state index in [4.69, 9.17) is 11.6 Å². The molecule has 1 N–H and O–H groups in total. The summed E-state index contributed by atoms with van der Waals surface area (Å²) in [5.74, 6) is 0. The zero-order valence-electron chi connectivity index (χ0n) is 11.4. The van der Waals surface area contributed by atoms with Crippen LogP contribution in [-0.4, -0.2) is 24.0 Å². The molecule has 20 heavy (non-hydrogen) atoms. The molecule has 1 aliphatic rings. The molecule has 0 atom stereocenters. The summed E-state index contributed by atoms with van der Waals surface area (Å²) in [6.07, 6.45) is 2.38. The number of likely N-dealkylation sites (tertiary alicyclic amines) is 1. The van der Waals surface area contributed by atoms with Crippen LogP contribution in [0.15, 0.2) is 41.8 Å². The van der Waals surface area contributed by atoms with E-state index in [0.717, 1.165) is 30.3 Å². The van der Waals surface area contributed by atoms with Crippen LogP contribution in [0.2, 0.25) is 5.02 Å². The van der Waals surface area contributed by atoms with E-state index < -0.39 is 0 Å². The summed E-state index contributed by atoms with van der Waals surface area (Å²) < 4.78 is 0. The molecule has 2 heterocycles. The van der Waals surface area contributed by atoms with Crippen molar-refractivity contribution in [1.82, 2.24) is 4.90 Å². The number of halogens is 1. The van der Waals surface area contributed by atoms with Gasteiger partial charge in [0, 0.05) is 41.3 Å². The highest BCUT2D eigenvalue weighted by Crippen LogP contribution is 2.21. The molecule has 1 saturated heterocycles. The molecular formula is C16H19ClN2S. The average Bonchev–Trinajstić information content (AvgIpc) is 2.94. The predicted molar refractivity (Wildman–Crippen MR) is 87.7 cm³/mol. The summed E-state index contributed by atoms with van der Waals surface area (Å²) in [6, 6.07) is 12.9. The lowest BCUT2D eigenvalue weighted by Crippen LogP contribution is -2.38. The van der Waals surface area contributed by atoms with E-state index >= 15 is 0 Å². The molecule has 3 rings (SSSR count). The monoisotopic (exact) mass is 306 g/mol. The zero-order valence-corrected chi connectivity index (χ0v) is 13.0. The summed E-state index contributed by atoms with van der Waals surface area (Å²) in [5, 5.41) is 6.54. The van der Waals surface area contributed by atoms with Gasteiger partial charge in [-0.2, -0.15) is 0 Å². The molecule has 1 aliphatic heterocycles. The third-order valence-corrected chi connectivity index (χ3v) is 4.84. The van der Waals surface area contributed by atoms with Gasteiger partial charge in [0.1, 0.15) is 0 Å². The molecule has 0 unspecified atom stereocenters. The van der Waals surface area contributed by atoms with E-state index in [1.165, 1.54) is 17.7 Å². The number of hydrogen-bond acceptors (Lipinski definition) is 3. The van der Waals surface area contributed by atoms with Crippen LogP contribution in [0, 0.1) is 0 Å². The van der Waals surface area contributed by atoms with Crippen LogP contribution in [-0.2, 0) is 6.54 Å². The number of benzene rings is 1. The number of anilines is 1. The van der Waals surface area contributed by atoms with Crippen molar-refractivity contribution in [3.05, 3.63) is 51.7 Å². The lowest BCUT2D eigenvalue weighted by Gasteiger charge is -2.32. The molecule has 0 aliphatic carbocycles. The highest BCUT2D eigenvalue weighted by atomic mass is 35.5. The van der Waals surface area contributed by atoms with Crippen molar-refractivity contribution < 1.29 is 0 Å². The molecule has 1 aromatic heterocycles. The van der Waals surface area contributed by atoms with Crippen LogP contribution < -0.4 is 5.32 Å². The lowest BCUT2D eigenvalue weighted by atomic mass is 10.0. The summed E-state index contributed by atoms with van der Waals surface area (Å²) in [5.41, 5.74) is 1.13. The third kappa shape index (κ3) is 3.75. The smallest absolute Gasteiger partial charge is 0.0426 e. The van der Waals surface area contributed by atoms with Gasteiger partial charge in [-0.3, -0.25) is 4.90 Å². The van der Waals surface area contributed by atoms with Gasteiger partial charge in [0.05, 0.1) is 0 Å². The van der Waals surface area contributed by atoms with E-state index in [1.54, 1.807) is 0 Å². The Morgan fingerprint density at radius 3 is 2.75 bits per heavy atom. The number of nitrogens with zero attached hydrogens (tertiary/aromatic N) is 1. The van der Waals surface area contributed by atoms with Crippen molar-refractivity contribution in [2.75, 3.05) is 18.4 Å². The molecule has 2 aromatic rings. The van der Waals surface area contributed by atoms with Crippen LogP contribution in [0.25, 0.3) is 0 Å². The van der Waals surface area contributed by atoms with E-state index in [9.17, 15) is 0 Å². The zero-order chi connectivity index (χ0) is 13.8. The maximum Gasteiger partial charge on any atom is 0.0426 e. The number of thiophene rings is 1. The lowest BCUT2D eigenvalue weighted by molar-refractivity contribution is 0.213. The summed E-state index contributed by atoms with van der Waals surface area (Å²) in [4.78, 5) is 4.01. The minimum Gasteiger partial charge on any atom is -0.382 e. The van der Waals surface area contributed by atoms with Gasteiger partial charge in [-0.05, 0) is 42.5 Å². The van der Waals surface area contributed by atoms with Gasteiger partial charge >= 0.3 is 0 Å². The topological polar surface area (TPSA) is 15.3 Å². The largest absolute Gasteiger partial charge is 0.382 e. The van der Waals surface area contributed by atoms with Crippen LogP contribution in [0.4, 0.5) is 5.69 Å². The molecule has 2 nitrogen and oxygen atoms in total. The first-order chi connectivity index (χ1) is 9.79. The molecule has 0 bridgehead atoms.